The Morgan fingerprint density at radius 3 is 2.76 bits per heavy atom. The van der Waals surface area contributed by atoms with Crippen molar-refractivity contribution < 1.29 is 23.8 Å². The molecule has 7 heteroatoms. The quantitative estimate of drug-likeness (QED) is 0.777. The minimum atomic E-state index is -1.18. The van der Waals surface area contributed by atoms with Gasteiger partial charge in [0.2, 0.25) is 0 Å². The van der Waals surface area contributed by atoms with E-state index in [1.165, 1.54) is 0 Å². The maximum absolute atomic E-state index is 13.5. The van der Waals surface area contributed by atoms with Crippen LogP contribution in [0.4, 0.5) is 14.9 Å². The molecule has 0 aromatic heterocycles. The molecule has 0 unspecified atom stereocenters. The van der Waals surface area contributed by atoms with E-state index < -0.39 is 17.8 Å². The second-order valence-corrected chi connectivity index (χ2v) is 4.84. The van der Waals surface area contributed by atoms with Gasteiger partial charge in [-0.15, -0.1) is 0 Å². The number of rotatable bonds is 5. The van der Waals surface area contributed by atoms with Crippen molar-refractivity contribution in [1.29, 1.82) is 0 Å². The molecule has 1 saturated carbocycles. The lowest BCUT2D eigenvalue weighted by Crippen LogP contribution is -2.49. The number of carboxylic acid groups (broad SMARTS) is 1. The van der Waals surface area contributed by atoms with Crippen molar-refractivity contribution in [2.45, 2.75) is 31.9 Å². The summed E-state index contributed by atoms with van der Waals surface area (Å²) in [6.07, 6.45) is 1.60. The molecule has 0 aliphatic heterocycles. The highest BCUT2D eigenvalue weighted by Gasteiger charge is 2.30. The van der Waals surface area contributed by atoms with Crippen LogP contribution in [0.15, 0.2) is 18.2 Å². The van der Waals surface area contributed by atoms with Crippen molar-refractivity contribution in [2.75, 3.05) is 11.9 Å². The van der Waals surface area contributed by atoms with Crippen molar-refractivity contribution in [1.82, 2.24) is 5.32 Å². The number of ether oxygens (including phenoxy) is 1. The normalized spacial score (nSPS) is 20.5. The Balaban J connectivity index is 1.88. The van der Waals surface area contributed by atoms with Crippen LogP contribution in [-0.2, 0) is 4.74 Å². The van der Waals surface area contributed by atoms with E-state index in [1.54, 1.807) is 0 Å². The summed E-state index contributed by atoms with van der Waals surface area (Å²) < 4.78 is 18.9. The molecule has 0 spiro atoms. The average molecular weight is 296 g/mol. The van der Waals surface area contributed by atoms with Gasteiger partial charge in [0.1, 0.15) is 5.82 Å². The van der Waals surface area contributed by atoms with Crippen LogP contribution in [0, 0.1) is 5.82 Å². The molecule has 0 saturated heterocycles. The zero-order chi connectivity index (χ0) is 15.4. The van der Waals surface area contributed by atoms with E-state index in [9.17, 15) is 14.0 Å². The molecular formula is C14H17FN2O4. The number of amides is 2. The molecule has 1 fully saturated rings. The van der Waals surface area contributed by atoms with Gasteiger partial charge in [0.15, 0.2) is 0 Å². The standard InChI is InChI=1S/C14H17FN2O4/c1-2-21-10-6-9(7-10)16-14(20)17-12-5-8(13(18)19)3-4-11(12)15/h3-5,9-10H,2,6-7H2,1H3,(H,18,19)(H2,16,17,20). The number of nitrogens with one attached hydrogen (secondary N) is 2. The van der Waals surface area contributed by atoms with Gasteiger partial charge in [-0.2, -0.15) is 0 Å². The highest BCUT2D eigenvalue weighted by Crippen LogP contribution is 2.23. The maximum atomic E-state index is 13.5. The molecule has 2 rings (SSSR count). The van der Waals surface area contributed by atoms with Gasteiger partial charge in [-0.3, -0.25) is 0 Å². The van der Waals surface area contributed by atoms with Crippen LogP contribution in [-0.4, -0.2) is 35.9 Å². The Bertz CT molecular complexity index is 544. The van der Waals surface area contributed by atoms with Crippen molar-refractivity contribution >= 4 is 17.7 Å². The first-order valence-electron chi connectivity index (χ1n) is 6.71. The Morgan fingerprint density at radius 1 is 1.43 bits per heavy atom. The lowest BCUT2D eigenvalue weighted by Gasteiger charge is -2.35. The minimum absolute atomic E-state index is 0.00716. The van der Waals surface area contributed by atoms with E-state index >= 15 is 0 Å². The first-order valence-corrected chi connectivity index (χ1v) is 6.71. The van der Waals surface area contributed by atoms with Crippen molar-refractivity contribution in [3.63, 3.8) is 0 Å². The fourth-order valence-corrected chi connectivity index (χ4v) is 2.15. The Morgan fingerprint density at radius 2 is 2.14 bits per heavy atom. The number of hydrogen-bond donors (Lipinski definition) is 3. The monoisotopic (exact) mass is 296 g/mol. The molecule has 21 heavy (non-hydrogen) atoms. The van der Waals surface area contributed by atoms with E-state index in [0.717, 1.165) is 31.0 Å². The smallest absolute Gasteiger partial charge is 0.335 e. The van der Waals surface area contributed by atoms with Crippen LogP contribution in [0.5, 0.6) is 0 Å². The zero-order valence-electron chi connectivity index (χ0n) is 11.6. The molecule has 3 N–H and O–H groups in total. The molecule has 1 aromatic carbocycles. The van der Waals surface area contributed by atoms with Gasteiger partial charge in [0, 0.05) is 12.6 Å². The molecule has 6 nitrogen and oxygen atoms in total. The number of halogens is 1. The lowest BCUT2D eigenvalue weighted by molar-refractivity contribution is -0.00674. The summed E-state index contributed by atoms with van der Waals surface area (Å²) in [4.78, 5) is 22.6. The molecule has 0 heterocycles. The highest BCUT2D eigenvalue weighted by molar-refractivity contribution is 5.93. The first kappa shape index (κ1) is 15.2. The van der Waals surface area contributed by atoms with Crippen LogP contribution < -0.4 is 10.6 Å². The number of carboxylic acids is 1. The molecule has 2 amide bonds. The number of hydrogen-bond acceptors (Lipinski definition) is 3. The molecular weight excluding hydrogens is 279 g/mol. The second kappa shape index (κ2) is 6.53. The third kappa shape index (κ3) is 3.91. The SMILES string of the molecule is CCOC1CC(NC(=O)Nc2cc(C(=O)O)ccc2F)C1. The summed E-state index contributed by atoms with van der Waals surface area (Å²) in [6.45, 7) is 2.54. The molecule has 0 atom stereocenters. The fraction of sp³-hybridized carbons (Fsp3) is 0.429. The summed E-state index contributed by atoms with van der Waals surface area (Å²) in [5, 5.41) is 13.8. The maximum Gasteiger partial charge on any atom is 0.335 e. The third-order valence-corrected chi connectivity index (χ3v) is 3.29. The summed E-state index contributed by atoms with van der Waals surface area (Å²) in [5.74, 6) is -1.87. The third-order valence-electron chi connectivity index (χ3n) is 3.29. The Kier molecular flexibility index (Phi) is 4.74. The molecule has 0 radical (unpaired) electrons. The predicted molar refractivity (Wildman–Crippen MR) is 73.9 cm³/mol. The molecule has 1 aliphatic rings. The van der Waals surface area contributed by atoms with Gasteiger partial charge in [-0.05, 0) is 38.0 Å². The molecule has 0 bridgehead atoms. The number of aromatic carboxylic acids is 1. The summed E-state index contributed by atoms with van der Waals surface area (Å²) in [7, 11) is 0. The Labute approximate surface area is 121 Å². The molecule has 114 valence electrons. The van der Waals surface area contributed by atoms with Crippen molar-refractivity contribution in [3.8, 4) is 0 Å². The van der Waals surface area contributed by atoms with Crippen molar-refractivity contribution in [3.05, 3.63) is 29.6 Å². The molecule has 1 aromatic rings. The first-order chi connectivity index (χ1) is 9.99. The van der Waals surface area contributed by atoms with E-state index in [4.69, 9.17) is 9.84 Å². The number of anilines is 1. The number of carbonyl (C=O) groups is 2. The van der Waals surface area contributed by atoms with Crippen LogP contribution in [0.25, 0.3) is 0 Å². The fourth-order valence-electron chi connectivity index (χ4n) is 2.15. The van der Waals surface area contributed by atoms with Crippen LogP contribution in [0.1, 0.15) is 30.1 Å². The van der Waals surface area contributed by atoms with Gasteiger partial charge in [-0.1, -0.05) is 0 Å². The average Bonchev–Trinajstić information content (AvgIpc) is 2.38. The van der Waals surface area contributed by atoms with Gasteiger partial charge in [-0.25, -0.2) is 14.0 Å². The van der Waals surface area contributed by atoms with Crippen LogP contribution >= 0.6 is 0 Å². The summed E-state index contributed by atoms with van der Waals surface area (Å²) >= 11 is 0. The van der Waals surface area contributed by atoms with E-state index in [-0.39, 0.29) is 23.4 Å². The van der Waals surface area contributed by atoms with Crippen LogP contribution in [0.3, 0.4) is 0 Å². The number of carbonyl (C=O) groups excluding carboxylic acids is 1. The highest BCUT2D eigenvalue weighted by atomic mass is 19.1. The minimum Gasteiger partial charge on any atom is -0.478 e. The van der Waals surface area contributed by atoms with E-state index in [2.05, 4.69) is 10.6 Å². The largest absolute Gasteiger partial charge is 0.478 e. The van der Waals surface area contributed by atoms with E-state index in [1.807, 2.05) is 6.92 Å². The number of benzene rings is 1. The van der Waals surface area contributed by atoms with Crippen LogP contribution in [0.2, 0.25) is 0 Å². The summed E-state index contributed by atoms with van der Waals surface area (Å²) in [5.41, 5.74) is -0.250. The lowest BCUT2D eigenvalue weighted by atomic mass is 9.89. The van der Waals surface area contributed by atoms with Crippen molar-refractivity contribution in [2.24, 2.45) is 0 Å². The topological polar surface area (TPSA) is 87.7 Å². The van der Waals surface area contributed by atoms with Gasteiger partial charge >= 0.3 is 12.0 Å². The predicted octanol–water partition coefficient (Wildman–Crippen LogP) is 2.21. The Hall–Kier alpha value is -2.15. The zero-order valence-corrected chi connectivity index (χ0v) is 11.6. The van der Waals surface area contributed by atoms with Gasteiger partial charge in [0.25, 0.3) is 0 Å². The van der Waals surface area contributed by atoms with E-state index in [0.29, 0.717) is 6.61 Å². The summed E-state index contributed by atoms with van der Waals surface area (Å²) in [6, 6.07) is 2.66. The van der Waals surface area contributed by atoms with Gasteiger partial charge < -0.3 is 20.5 Å². The number of urea groups is 1. The second-order valence-electron chi connectivity index (χ2n) is 4.84. The molecule has 1 aliphatic carbocycles. The van der Waals surface area contributed by atoms with Gasteiger partial charge in [0.05, 0.1) is 17.4 Å².